The zero-order chi connectivity index (χ0) is 14.1. The molecule has 0 radical (unpaired) electrons. The highest BCUT2D eigenvalue weighted by molar-refractivity contribution is 8.19. The molecule has 1 aromatic carbocycles. The highest BCUT2D eigenvalue weighted by Gasteiger charge is 2.36. The van der Waals surface area contributed by atoms with Crippen LogP contribution < -0.4 is 4.90 Å². The Labute approximate surface area is 120 Å². The third kappa shape index (κ3) is 2.16. The number of imide groups is 1. The van der Waals surface area contributed by atoms with E-state index in [4.69, 9.17) is 0 Å². The smallest absolute Gasteiger partial charge is 0.298 e. The molecule has 4 nitrogen and oxygen atoms in total. The molecule has 1 aromatic heterocycles. The van der Waals surface area contributed by atoms with E-state index in [1.165, 1.54) is 4.90 Å². The fraction of sp³-hybridized carbons (Fsp3) is 0.0667. The van der Waals surface area contributed by atoms with Gasteiger partial charge in [0.2, 0.25) is 0 Å². The van der Waals surface area contributed by atoms with Crippen LogP contribution >= 0.6 is 11.8 Å². The van der Waals surface area contributed by atoms with Crippen molar-refractivity contribution in [1.29, 1.82) is 0 Å². The Morgan fingerprint density at radius 3 is 2.45 bits per heavy atom. The van der Waals surface area contributed by atoms with Gasteiger partial charge in [0.15, 0.2) is 0 Å². The van der Waals surface area contributed by atoms with E-state index in [0.29, 0.717) is 10.6 Å². The number of amides is 2. The molecule has 1 saturated heterocycles. The molecule has 2 amide bonds. The van der Waals surface area contributed by atoms with Crippen LogP contribution in [0.5, 0.6) is 0 Å². The zero-order valence-corrected chi connectivity index (χ0v) is 11.6. The van der Waals surface area contributed by atoms with E-state index in [9.17, 15) is 9.59 Å². The Morgan fingerprint density at radius 2 is 1.80 bits per heavy atom. The number of carbonyl (C=O) groups is 2. The molecule has 0 atom stereocenters. The lowest BCUT2D eigenvalue weighted by Gasteiger charge is -2.11. The van der Waals surface area contributed by atoms with Crippen molar-refractivity contribution in [2.45, 2.75) is 0 Å². The van der Waals surface area contributed by atoms with E-state index in [0.717, 1.165) is 17.5 Å². The number of benzene rings is 1. The highest BCUT2D eigenvalue weighted by Crippen LogP contribution is 2.35. The van der Waals surface area contributed by atoms with E-state index in [1.807, 2.05) is 36.0 Å². The van der Waals surface area contributed by atoms with E-state index in [2.05, 4.69) is 0 Å². The van der Waals surface area contributed by atoms with Crippen molar-refractivity contribution in [1.82, 2.24) is 4.57 Å². The van der Waals surface area contributed by atoms with Crippen LogP contribution in [0.4, 0.5) is 10.5 Å². The lowest BCUT2D eigenvalue weighted by atomic mass is 10.3. The van der Waals surface area contributed by atoms with E-state index in [-0.39, 0.29) is 11.1 Å². The van der Waals surface area contributed by atoms with Gasteiger partial charge in [-0.15, -0.1) is 0 Å². The topological polar surface area (TPSA) is 42.3 Å². The molecule has 1 aliphatic heterocycles. The maximum atomic E-state index is 12.4. The predicted molar refractivity (Wildman–Crippen MR) is 80.3 cm³/mol. The first-order valence-electron chi connectivity index (χ1n) is 6.11. The minimum absolute atomic E-state index is 0.262. The first-order chi connectivity index (χ1) is 9.66. The number of rotatable bonds is 2. The van der Waals surface area contributed by atoms with Gasteiger partial charge in [-0.1, -0.05) is 18.2 Å². The monoisotopic (exact) mass is 284 g/mol. The number of para-hydroxylation sites is 1. The fourth-order valence-electron chi connectivity index (χ4n) is 2.03. The summed E-state index contributed by atoms with van der Waals surface area (Å²) in [6.45, 7) is 0. The molecule has 1 aliphatic rings. The maximum absolute atomic E-state index is 12.4. The average molecular weight is 284 g/mol. The number of aromatic nitrogens is 1. The van der Waals surface area contributed by atoms with Crippen molar-refractivity contribution < 1.29 is 9.59 Å². The summed E-state index contributed by atoms with van der Waals surface area (Å²) in [5, 5.41) is -0.262. The number of thioether (sulfide) groups is 1. The predicted octanol–water partition coefficient (Wildman–Crippen LogP) is 3.27. The number of hydrogen-bond acceptors (Lipinski definition) is 3. The van der Waals surface area contributed by atoms with Crippen LogP contribution in [0.3, 0.4) is 0 Å². The van der Waals surface area contributed by atoms with Gasteiger partial charge >= 0.3 is 0 Å². The van der Waals surface area contributed by atoms with Crippen molar-refractivity contribution in [2.24, 2.45) is 7.05 Å². The van der Waals surface area contributed by atoms with Crippen LogP contribution in [-0.4, -0.2) is 15.7 Å². The summed E-state index contributed by atoms with van der Waals surface area (Å²) >= 11 is 0.969. The van der Waals surface area contributed by atoms with E-state index in [1.54, 1.807) is 30.3 Å². The quantitative estimate of drug-likeness (QED) is 0.795. The third-order valence-corrected chi connectivity index (χ3v) is 3.94. The molecule has 2 aromatic rings. The lowest BCUT2D eigenvalue weighted by molar-refractivity contribution is -0.113. The second-order valence-electron chi connectivity index (χ2n) is 4.40. The Hall–Kier alpha value is -2.27. The normalized spacial score (nSPS) is 17.2. The summed E-state index contributed by atoms with van der Waals surface area (Å²) in [6, 6.07) is 12.8. The Bertz CT molecular complexity index is 704. The summed E-state index contributed by atoms with van der Waals surface area (Å²) in [5.41, 5.74) is 1.49. The largest absolute Gasteiger partial charge is 0.351 e. The molecule has 0 bridgehead atoms. The molecule has 0 unspecified atom stereocenters. The molecule has 0 spiro atoms. The molecule has 5 heteroatoms. The van der Waals surface area contributed by atoms with Crippen molar-refractivity contribution in [3.05, 3.63) is 59.3 Å². The molecule has 100 valence electrons. The zero-order valence-electron chi connectivity index (χ0n) is 10.8. The van der Waals surface area contributed by atoms with Crippen molar-refractivity contribution >= 4 is 34.7 Å². The van der Waals surface area contributed by atoms with Gasteiger partial charge in [0.1, 0.15) is 0 Å². The van der Waals surface area contributed by atoms with Crippen molar-refractivity contribution in [3.63, 3.8) is 0 Å². The molecular formula is C15H12N2O2S. The number of carbonyl (C=O) groups excluding carboxylic acids is 2. The van der Waals surface area contributed by atoms with Crippen molar-refractivity contribution in [3.8, 4) is 0 Å². The molecule has 20 heavy (non-hydrogen) atoms. The lowest BCUT2D eigenvalue weighted by Crippen LogP contribution is -2.27. The first kappa shape index (κ1) is 12.7. The Morgan fingerprint density at radius 1 is 1.05 bits per heavy atom. The van der Waals surface area contributed by atoms with Gasteiger partial charge in [0.25, 0.3) is 11.1 Å². The molecule has 2 heterocycles. The van der Waals surface area contributed by atoms with Gasteiger partial charge < -0.3 is 4.57 Å². The minimum Gasteiger partial charge on any atom is -0.351 e. The van der Waals surface area contributed by atoms with Crippen LogP contribution in [0.15, 0.2) is 53.6 Å². The molecule has 0 saturated carbocycles. The van der Waals surface area contributed by atoms with Crippen LogP contribution in [0.25, 0.3) is 6.08 Å². The second kappa shape index (κ2) is 5.02. The van der Waals surface area contributed by atoms with Gasteiger partial charge in [-0.25, -0.2) is 4.90 Å². The minimum atomic E-state index is -0.271. The van der Waals surface area contributed by atoms with E-state index >= 15 is 0 Å². The third-order valence-electron chi connectivity index (χ3n) is 3.07. The molecular weight excluding hydrogens is 272 g/mol. The van der Waals surface area contributed by atoms with Crippen LogP contribution in [0.1, 0.15) is 5.69 Å². The first-order valence-corrected chi connectivity index (χ1v) is 6.93. The fourth-order valence-corrected chi connectivity index (χ4v) is 2.85. The summed E-state index contributed by atoms with van der Waals surface area (Å²) in [6.07, 6.45) is 3.64. The van der Waals surface area contributed by atoms with Gasteiger partial charge in [0.05, 0.1) is 10.6 Å². The molecule has 3 rings (SSSR count). The second-order valence-corrected chi connectivity index (χ2v) is 5.39. The van der Waals surface area contributed by atoms with Gasteiger partial charge in [-0.3, -0.25) is 9.59 Å². The molecule has 0 aliphatic carbocycles. The average Bonchev–Trinajstić information content (AvgIpc) is 2.96. The van der Waals surface area contributed by atoms with E-state index < -0.39 is 0 Å². The maximum Gasteiger partial charge on any atom is 0.298 e. The molecule has 1 fully saturated rings. The number of anilines is 1. The summed E-state index contributed by atoms with van der Waals surface area (Å²) in [7, 11) is 1.90. The van der Waals surface area contributed by atoms with Gasteiger partial charge in [-0.2, -0.15) is 0 Å². The summed E-state index contributed by atoms with van der Waals surface area (Å²) in [5.74, 6) is -0.271. The number of aryl methyl sites for hydroxylation is 1. The van der Waals surface area contributed by atoms with Crippen LogP contribution in [0.2, 0.25) is 0 Å². The standard InChI is InChI=1S/C15H12N2O2S/c1-16-9-5-8-12(16)10-13-14(18)17(15(19)20-13)11-6-3-2-4-7-11/h2-10H,1H3/b13-10+. The SMILES string of the molecule is Cn1cccc1/C=C1/SC(=O)N(c2ccccc2)C1=O. The summed E-state index contributed by atoms with van der Waals surface area (Å²) in [4.78, 5) is 26.0. The number of hydrogen-bond donors (Lipinski definition) is 0. The number of nitrogens with zero attached hydrogens (tertiary/aromatic N) is 2. The van der Waals surface area contributed by atoms with Crippen LogP contribution in [0, 0.1) is 0 Å². The highest BCUT2D eigenvalue weighted by atomic mass is 32.2. The Kier molecular flexibility index (Phi) is 3.20. The van der Waals surface area contributed by atoms with Crippen molar-refractivity contribution in [2.75, 3.05) is 4.90 Å². The Balaban J connectivity index is 1.95. The van der Waals surface area contributed by atoms with Gasteiger partial charge in [-0.05, 0) is 42.1 Å². The van der Waals surface area contributed by atoms with Crippen LogP contribution in [-0.2, 0) is 11.8 Å². The van der Waals surface area contributed by atoms with Gasteiger partial charge in [0, 0.05) is 18.9 Å². The summed E-state index contributed by atoms with van der Waals surface area (Å²) < 4.78 is 1.90. The molecule has 0 N–H and O–H groups in total.